The van der Waals surface area contributed by atoms with E-state index in [1.165, 1.54) is 0 Å². The summed E-state index contributed by atoms with van der Waals surface area (Å²) in [6.07, 6.45) is 14.5. The summed E-state index contributed by atoms with van der Waals surface area (Å²) in [5, 5.41) is 0. The van der Waals surface area contributed by atoms with E-state index in [1.807, 2.05) is 18.2 Å². The van der Waals surface area contributed by atoms with E-state index in [0.717, 1.165) is 12.1 Å². The average molecular weight is 160 g/mol. The first kappa shape index (κ1) is 8.65. The summed E-state index contributed by atoms with van der Waals surface area (Å²) in [4.78, 5) is 7.98. The molecule has 0 spiro atoms. The molecular formula is C10H12N2. The summed E-state index contributed by atoms with van der Waals surface area (Å²) in [5.41, 5.74) is 0.962. The van der Waals surface area contributed by atoms with E-state index < -0.39 is 0 Å². The molecule has 0 fully saturated rings. The van der Waals surface area contributed by atoms with Crippen molar-refractivity contribution in [3.63, 3.8) is 0 Å². The van der Waals surface area contributed by atoms with Crippen LogP contribution < -0.4 is 0 Å². The SMILES string of the molecule is CN=CC=NC1=CC=CCC=C1. The fraction of sp³-hybridized carbons (Fsp3) is 0.200. The van der Waals surface area contributed by atoms with Gasteiger partial charge in [0, 0.05) is 19.5 Å². The van der Waals surface area contributed by atoms with Crippen LogP contribution in [0.15, 0.2) is 46.1 Å². The quantitative estimate of drug-likeness (QED) is 0.553. The zero-order valence-electron chi connectivity index (χ0n) is 7.14. The lowest BCUT2D eigenvalue weighted by atomic mass is 10.4. The molecule has 2 heteroatoms. The minimum atomic E-state index is 0.962. The molecule has 0 aliphatic heterocycles. The molecule has 0 unspecified atom stereocenters. The van der Waals surface area contributed by atoms with Crippen LogP contribution in [0.5, 0.6) is 0 Å². The first-order valence-electron chi connectivity index (χ1n) is 3.91. The highest BCUT2D eigenvalue weighted by Gasteiger charge is 1.86. The lowest BCUT2D eigenvalue weighted by Crippen LogP contribution is -1.76. The van der Waals surface area contributed by atoms with Gasteiger partial charge in [-0.3, -0.25) is 9.98 Å². The van der Waals surface area contributed by atoms with E-state index in [2.05, 4.69) is 22.1 Å². The van der Waals surface area contributed by atoms with E-state index in [4.69, 9.17) is 0 Å². The number of hydrogen-bond donors (Lipinski definition) is 0. The van der Waals surface area contributed by atoms with Crippen LogP contribution >= 0.6 is 0 Å². The Labute approximate surface area is 72.7 Å². The van der Waals surface area contributed by atoms with Gasteiger partial charge in [-0.05, 0) is 18.6 Å². The normalized spacial score (nSPS) is 17.2. The molecule has 0 saturated heterocycles. The minimum absolute atomic E-state index is 0.962. The summed E-state index contributed by atoms with van der Waals surface area (Å²) in [6, 6.07) is 0. The maximum Gasteiger partial charge on any atom is 0.0627 e. The number of allylic oxidation sites excluding steroid dienone is 5. The van der Waals surface area contributed by atoms with E-state index in [1.54, 1.807) is 19.5 Å². The van der Waals surface area contributed by atoms with E-state index in [9.17, 15) is 0 Å². The second kappa shape index (κ2) is 5.24. The van der Waals surface area contributed by atoms with E-state index >= 15 is 0 Å². The molecule has 2 nitrogen and oxygen atoms in total. The van der Waals surface area contributed by atoms with Gasteiger partial charge in [-0.15, -0.1) is 0 Å². The highest BCUT2D eigenvalue weighted by molar-refractivity contribution is 6.16. The van der Waals surface area contributed by atoms with Crippen LogP contribution in [-0.4, -0.2) is 19.5 Å². The smallest absolute Gasteiger partial charge is 0.0627 e. The summed E-state index contributed by atoms with van der Waals surface area (Å²) >= 11 is 0. The fourth-order valence-electron chi connectivity index (χ4n) is 0.840. The van der Waals surface area contributed by atoms with Gasteiger partial charge in [0.1, 0.15) is 0 Å². The van der Waals surface area contributed by atoms with Crippen LogP contribution in [0.4, 0.5) is 0 Å². The Morgan fingerprint density at radius 2 is 2.25 bits per heavy atom. The summed E-state index contributed by atoms with van der Waals surface area (Å²) in [5.74, 6) is 0. The maximum atomic E-state index is 4.18. The summed E-state index contributed by atoms with van der Waals surface area (Å²) < 4.78 is 0. The van der Waals surface area contributed by atoms with Crippen molar-refractivity contribution in [3.8, 4) is 0 Å². The number of nitrogens with zero attached hydrogens (tertiary/aromatic N) is 2. The first-order valence-corrected chi connectivity index (χ1v) is 3.91. The lowest BCUT2D eigenvalue weighted by molar-refractivity contribution is 1.38. The predicted molar refractivity (Wildman–Crippen MR) is 53.9 cm³/mol. The third-order valence-electron chi connectivity index (χ3n) is 1.40. The van der Waals surface area contributed by atoms with Crippen LogP contribution in [0.3, 0.4) is 0 Å². The molecule has 1 aliphatic rings. The Bertz CT molecular complexity index is 268. The Hall–Kier alpha value is -1.44. The van der Waals surface area contributed by atoms with Crippen LogP contribution in [0.1, 0.15) is 6.42 Å². The van der Waals surface area contributed by atoms with Gasteiger partial charge in [-0.2, -0.15) is 0 Å². The second-order valence-electron chi connectivity index (χ2n) is 2.34. The van der Waals surface area contributed by atoms with Crippen molar-refractivity contribution in [1.82, 2.24) is 0 Å². The summed E-state index contributed by atoms with van der Waals surface area (Å²) in [7, 11) is 1.73. The predicted octanol–water partition coefficient (Wildman–Crippen LogP) is 2.16. The zero-order valence-corrected chi connectivity index (χ0v) is 7.14. The number of aliphatic imine (C=N–C) groups is 2. The molecule has 1 rings (SSSR count). The second-order valence-corrected chi connectivity index (χ2v) is 2.34. The molecule has 0 bridgehead atoms. The van der Waals surface area contributed by atoms with Gasteiger partial charge in [-0.1, -0.05) is 18.2 Å². The molecule has 0 aromatic rings. The van der Waals surface area contributed by atoms with Crippen molar-refractivity contribution in [1.29, 1.82) is 0 Å². The molecule has 12 heavy (non-hydrogen) atoms. The van der Waals surface area contributed by atoms with Gasteiger partial charge in [0.05, 0.1) is 5.70 Å². The molecule has 0 N–H and O–H groups in total. The van der Waals surface area contributed by atoms with Gasteiger partial charge in [0.25, 0.3) is 0 Å². The van der Waals surface area contributed by atoms with Gasteiger partial charge < -0.3 is 0 Å². The third kappa shape index (κ3) is 3.10. The fourth-order valence-corrected chi connectivity index (χ4v) is 0.840. The van der Waals surface area contributed by atoms with Gasteiger partial charge in [0.15, 0.2) is 0 Å². The minimum Gasteiger partial charge on any atom is -0.295 e. The molecule has 0 aromatic carbocycles. The van der Waals surface area contributed by atoms with Crippen LogP contribution in [0.2, 0.25) is 0 Å². The largest absolute Gasteiger partial charge is 0.295 e. The van der Waals surface area contributed by atoms with Crippen LogP contribution in [0, 0.1) is 0 Å². The topological polar surface area (TPSA) is 24.7 Å². The molecule has 0 aromatic heterocycles. The van der Waals surface area contributed by atoms with Gasteiger partial charge >= 0.3 is 0 Å². The van der Waals surface area contributed by atoms with Crippen molar-refractivity contribution in [2.45, 2.75) is 6.42 Å². The molecular weight excluding hydrogens is 148 g/mol. The third-order valence-corrected chi connectivity index (χ3v) is 1.40. The van der Waals surface area contributed by atoms with Crippen molar-refractivity contribution < 1.29 is 0 Å². The number of hydrogen-bond acceptors (Lipinski definition) is 2. The average Bonchev–Trinajstić information content (AvgIpc) is 2.33. The van der Waals surface area contributed by atoms with Crippen LogP contribution in [0.25, 0.3) is 0 Å². The van der Waals surface area contributed by atoms with Crippen molar-refractivity contribution in [2.24, 2.45) is 9.98 Å². The molecule has 0 amide bonds. The highest BCUT2D eigenvalue weighted by Crippen LogP contribution is 2.04. The lowest BCUT2D eigenvalue weighted by Gasteiger charge is -1.87. The molecule has 0 saturated carbocycles. The van der Waals surface area contributed by atoms with Crippen molar-refractivity contribution in [2.75, 3.05) is 7.05 Å². The molecule has 0 heterocycles. The molecule has 62 valence electrons. The monoisotopic (exact) mass is 160 g/mol. The van der Waals surface area contributed by atoms with Gasteiger partial charge in [0.2, 0.25) is 0 Å². The molecule has 1 aliphatic carbocycles. The standard InChI is InChI=1S/C10H12N2/c1-11-8-9-12-10-6-4-2-3-5-7-10/h2,4-9H,3H2,1H3. The van der Waals surface area contributed by atoms with Crippen molar-refractivity contribution in [3.05, 3.63) is 36.1 Å². The van der Waals surface area contributed by atoms with Gasteiger partial charge in [-0.25, -0.2) is 0 Å². The Morgan fingerprint density at radius 1 is 1.33 bits per heavy atom. The van der Waals surface area contributed by atoms with Crippen LogP contribution in [-0.2, 0) is 0 Å². The Morgan fingerprint density at radius 3 is 3.08 bits per heavy atom. The van der Waals surface area contributed by atoms with E-state index in [0.29, 0.717) is 0 Å². The van der Waals surface area contributed by atoms with Crippen molar-refractivity contribution >= 4 is 12.4 Å². The number of rotatable bonds is 2. The maximum absolute atomic E-state index is 4.18. The Kier molecular flexibility index (Phi) is 3.78. The Balaban J connectivity index is 2.61. The zero-order chi connectivity index (χ0) is 8.65. The van der Waals surface area contributed by atoms with E-state index in [-0.39, 0.29) is 0 Å². The highest BCUT2D eigenvalue weighted by atomic mass is 14.7. The molecule has 0 atom stereocenters. The molecule has 0 radical (unpaired) electrons. The first-order chi connectivity index (χ1) is 5.93. The summed E-state index contributed by atoms with van der Waals surface area (Å²) in [6.45, 7) is 0.